The predicted octanol–water partition coefficient (Wildman–Crippen LogP) is 1.67. The topological polar surface area (TPSA) is 77.8 Å². The molecule has 0 saturated carbocycles. The summed E-state index contributed by atoms with van der Waals surface area (Å²) in [5.41, 5.74) is 0. The largest absolute Gasteiger partial charge is 0.477 e. The van der Waals surface area contributed by atoms with Gasteiger partial charge in [0.1, 0.15) is 6.10 Å². The van der Waals surface area contributed by atoms with Crippen LogP contribution in [-0.4, -0.2) is 53.0 Å². The Kier molecular flexibility index (Phi) is 4.06. The third-order valence-corrected chi connectivity index (χ3v) is 9.90. The monoisotopic (exact) mass is 309 g/mol. The molecule has 0 aromatic heterocycles. The average molecular weight is 309 g/mol. The Morgan fingerprint density at radius 2 is 1.85 bits per heavy atom. The summed E-state index contributed by atoms with van der Waals surface area (Å²) < 4.78 is 28.2. The number of amides is 1. The number of carbonyl (C=O) groups is 2. The zero-order valence-corrected chi connectivity index (χ0v) is 13.3. The number of aliphatic hydroxyl groups excluding tert-OH is 1. The predicted molar refractivity (Wildman–Crippen MR) is 71.0 cm³/mol. The van der Waals surface area contributed by atoms with Gasteiger partial charge in [-0.1, -0.05) is 33.9 Å². The molecule has 0 aromatic rings. The van der Waals surface area contributed by atoms with Crippen LogP contribution in [0.25, 0.3) is 0 Å². The van der Waals surface area contributed by atoms with Gasteiger partial charge in [-0.3, -0.25) is 4.79 Å². The van der Waals surface area contributed by atoms with Gasteiger partial charge < -0.3 is 14.8 Å². The number of aliphatic hydroxyl groups is 1. The van der Waals surface area contributed by atoms with Crippen molar-refractivity contribution < 1.29 is 28.6 Å². The summed E-state index contributed by atoms with van der Waals surface area (Å²) >= 11 is 0. The molecule has 1 heterocycles. The highest BCUT2D eigenvalue weighted by molar-refractivity contribution is 6.80. The second-order valence-corrected chi connectivity index (χ2v) is 11.8. The summed E-state index contributed by atoms with van der Waals surface area (Å²) in [6.45, 7) is 9.42. The van der Waals surface area contributed by atoms with Crippen LogP contribution in [0.5, 0.6) is 0 Å². The SMILES string of the molecule is CC(C)(C)[Si](C)(C)N1C(=O)C[C@H]1[C@@H](O)C(F)(F)C(=O)O. The van der Waals surface area contributed by atoms with Crippen molar-refractivity contribution in [2.45, 2.75) is 63.4 Å². The Hall–Kier alpha value is -1.02. The Morgan fingerprint density at radius 1 is 1.40 bits per heavy atom. The number of carboxylic acids is 1. The minimum absolute atomic E-state index is 0.240. The number of hydrogen-bond donors (Lipinski definition) is 2. The smallest absolute Gasteiger partial charge is 0.377 e. The Labute approximate surface area is 117 Å². The lowest BCUT2D eigenvalue weighted by Gasteiger charge is -2.56. The van der Waals surface area contributed by atoms with Crippen molar-refractivity contribution in [1.82, 2.24) is 4.57 Å². The maximum absolute atomic E-state index is 13.4. The number of hydrogen-bond acceptors (Lipinski definition) is 3. The van der Waals surface area contributed by atoms with Crippen molar-refractivity contribution in [2.24, 2.45) is 0 Å². The zero-order valence-electron chi connectivity index (χ0n) is 12.3. The molecule has 1 amide bonds. The van der Waals surface area contributed by atoms with Crippen molar-refractivity contribution in [3.8, 4) is 0 Å². The third-order valence-electron chi connectivity index (χ3n) is 4.44. The quantitative estimate of drug-likeness (QED) is 0.612. The highest BCUT2D eigenvalue weighted by Crippen LogP contribution is 2.44. The van der Waals surface area contributed by atoms with Gasteiger partial charge in [0.2, 0.25) is 5.91 Å². The Bertz CT molecular complexity index is 434. The first kappa shape index (κ1) is 17.0. The normalized spacial score (nSPS) is 22.5. The standard InChI is InChI=1S/C12H21F2NO4Si/c1-11(2,3)20(4,5)15-7(6-8(15)16)9(17)12(13,14)10(18)19/h7,9,17H,6H2,1-5H3,(H,18,19)/t7-,9+/m0/s1. The molecule has 5 nitrogen and oxygen atoms in total. The van der Waals surface area contributed by atoms with Crippen LogP contribution in [0.4, 0.5) is 8.78 Å². The van der Waals surface area contributed by atoms with Crippen molar-refractivity contribution in [3.63, 3.8) is 0 Å². The molecule has 116 valence electrons. The Morgan fingerprint density at radius 3 is 2.15 bits per heavy atom. The Balaban J connectivity index is 3.06. The number of carboxylic acid groups (broad SMARTS) is 1. The van der Waals surface area contributed by atoms with Crippen LogP contribution in [0.15, 0.2) is 0 Å². The summed E-state index contributed by atoms with van der Waals surface area (Å²) in [6.07, 6.45) is -2.62. The van der Waals surface area contributed by atoms with E-state index in [0.29, 0.717) is 0 Å². The van der Waals surface area contributed by atoms with E-state index in [2.05, 4.69) is 0 Å². The molecule has 0 bridgehead atoms. The van der Waals surface area contributed by atoms with E-state index in [1.165, 1.54) is 4.57 Å². The lowest BCUT2D eigenvalue weighted by Crippen LogP contribution is -2.73. The number of nitrogens with zero attached hydrogens (tertiary/aromatic N) is 1. The van der Waals surface area contributed by atoms with Gasteiger partial charge in [0.05, 0.1) is 6.04 Å². The fourth-order valence-corrected chi connectivity index (χ4v) is 4.65. The first-order valence-electron chi connectivity index (χ1n) is 6.36. The van der Waals surface area contributed by atoms with Crippen LogP contribution in [0.2, 0.25) is 18.1 Å². The molecule has 8 heteroatoms. The summed E-state index contributed by atoms with van der Waals surface area (Å²) in [5.74, 6) is -6.94. The molecule has 1 aliphatic rings. The van der Waals surface area contributed by atoms with Crippen LogP contribution in [0.1, 0.15) is 27.2 Å². The minimum Gasteiger partial charge on any atom is -0.477 e. The fraction of sp³-hybridized carbons (Fsp3) is 0.833. The zero-order chi connectivity index (χ0) is 16.1. The van der Waals surface area contributed by atoms with Crippen LogP contribution in [-0.2, 0) is 9.59 Å². The average Bonchev–Trinajstić information content (AvgIpc) is 2.21. The van der Waals surface area contributed by atoms with Gasteiger partial charge >= 0.3 is 11.9 Å². The van der Waals surface area contributed by atoms with Crippen molar-refractivity contribution in [1.29, 1.82) is 0 Å². The van der Waals surface area contributed by atoms with Gasteiger partial charge in [0.25, 0.3) is 0 Å². The molecule has 0 unspecified atom stereocenters. The second kappa shape index (κ2) is 4.76. The highest BCUT2D eigenvalue weighted by Gasteiger charge is 2.60. The molecular formula is C12H21F2NO4Si. The van der Waals surface area contributed by atoms with E-state index in [-0.39, 0.29) is 17.4 Å². The maximum Gasteiger partial charge on any atom is 0.377 e. The molecular weight excluding hydrogens is 288 g/mol. The van der Waals surface area contributed by atoms with E-state index < -0.39 is 32.3 Å². The van der Waals surface area contributed by atoms with Crippen LogP contribution in [0.3, 0.4) is 0 Å². The first-order valence-corrected chi connectivity index (χ1v) is 9.30. The summed E-state index contributed by atoms with van der Waals surface area (Å²) in [5, 5.41) is 17.9. The van der Waals surface area contributed by atoms with Crippen molar-refractivity contribution in [2.75, 3.05) is 0 Å². The maximum atomic E-state index is 13.4. The summed E-state index contributed by atoms with van der Waals surface area (Å²) in [4.78, 5) is 22.3. The van der Waals surface area contributed by atoms with Gasteiger partial charge in [-0.25, -0.2) is 4.79 Å². The van der Waals surface area contributed by atoms with Gasteiger partial charge in [-0.05, 0) is 5.04 Å². The fourth-order valence-electron chi connectivity index (χ4n) is 2.15. The van der Waals surface area contributed by atoms with E-state index in [4.69, 9.17) is 5.11 Å². The minimum atomic E-state index is -4.26. The van der Waals surface area contributed by atoms with E-state index in [1.54, 1.807) is 0 Å². The van der Waals surface area contributed by atoms with Gasteiger partial charge in [-0.15, -0.1) is 0 Å². The van der Waals surface area contributed by atoms with E-state index in [0.717, 1.165) is 0 Å². The first-order chi connectivity index (χ1) is 8.74. The van der Waals surface area contributed by atoms with E-state index >= 15 is 0 Å². The number of aliphatic carboxylic acids is 1. The van der Waals surface area contributed by atoms with E-state index in [9.17, 15) is 23.5 Å². The van der Waals surface area contributed by atoms with Crippen LogP contribution >= 0.6 is 0 Å². The van der Waals surface area contributed by atoms with Crippen molar-refractivity contribution >= 4 is 20.1 Å². The van der Waals surface area contributed by atoms with Gasteiger partial charge in [0.15, 0.2) is 8.24 Å². The van der Waals surface area contributed by atoms with Gasteiger partial charge in [-0.2, -0.15) is 8.78 Å². The van der Waals surface area contributed by atoms with Crippen LogP contribution in [0, 0.1) is 0 Å². The lowest BCUT2D eigenvalue weighted by molar-refractivity contribution is -0.194. The van der Waals surface area contributed by atoms with E-state index in [1.807, 2.05) is 33.9 Å². The number of β-lactam (4-membered cyclic amide) rings is 1. The van der Waals surface area contributed by atoms with Crippen molar-refractivity contribution in [3.05, 3.63) is 0 Å². The number of alkyl halides is 2. The molecule has 2 N–H and O–H groups in total. The molecule has 20 heavy (non-hydrogen) atoms. The summed E-state index contributed by atoms with van der Waals surface area (Å²) in [7, 11) is -2.43. The third kappa shape index (κ3) is 2.46. The molecule has 0 radical (unpaired) electrons. The molecule has 0 spiro atoms. The van der Waals surface area contributed by atoms with Crippen LogP contribution < -0.4 is 0 Å². The number of halogens is 2. The molecule has 1 saturated heterocycles. The summed E-state index contributed by atoms with van der Waals surface area (Å²) in [6, 6.07) is -1.13. The molecule has 1 aliphatic heterocycles. The highest BCUT2D eigenvalue weighted by atomic mass is 28.3. The number of rotatable bonds is 4. The molecule has 0 aromatic carbocycles. The molecule has 2 atom stereocenters. The number of carbonyl (C=O) groups excluding carboxylic acids is 1. The molecule has 1 fully saturated rings. The molecule has 0 aliphatic carbocycles. The van der Waals surface area contributed by atoms with Gasteiger partial charge in [0, 0.05) is 6.42 Å². The lowest BCUT2D eigenvalue weighted by atomic mass is 9.95. The second-order valence-electron chi connectivity index (χ2n) is 6.72. The molecule has 1 rings (SSSR count).